The van der Waals surface area contributed by atoms with Crippen molar-refractivity contribution in [2.45, 2.75) is 20.0 Å². The van der Waals surface area contributed by atoms with E-state index in [-0.39, 0.29) is 0 Å². The van der Waals surface area contributed by atoms with Gasteiger partial charge in [0.15, 0.2) is 0 Å². The van der Waals surface area contributed by atoms with Crippen LogP contribution in [0, 0.1) is 6.92 Å². The Labute approximate surface area is 101 Å². The van der Waals surface area contributed by atoms with Crippen LogP contribution in [0.5, 0.6) is 11.5 Å². The number of aliphatic hydroxyl groups is 1. The van der Waals surface area contributed by atoms with Crippen LogP contribution in [0.2, 0.25) is 0 Å². The van der Waals surface area contributed by atoms with Crippen LogP contribution in [0.25, 0.3) is 0 Å². The summed E-state index contributed by atoms with van der Waals surface area (Å²) in [4.78, 5) is 0. The Morgan fingerprint density at radius 3 is 2.29 bits per heavy atom. The van der Waals surface area contributed by atoms with E-state index < -0.39 is 6.10 Å². The highest BCUT2D eigenvalue weighted by Gasteiger charge is 2.06. The minimum Gasteiger partial charge on any atom is -0.457 e. The average molecular weight is 228 g/mol. The molecule has 2 nitrogen and oxygen atoms in total. The van der Waals surface area contributed by atoms with E-state index in [4.69, 9.17) is 4.74 Å². The molecule has 2 heteroatoms. The summed E-state index contributed by atoms with van der Waals surface area (Å²) in [6, 6.07) is 15.4. The maximum Gasteiger partial charge on any atom is 0.127 e. The lowest BCUT2D eigenvalue weighted by atomic mass is 10.0. The van der Waals surface area contributed by atoms with E-state index in [1.807, 2.05) is 55.5 Å². The van der Waals surface area contributed by atoms with Crippen molar-refractivity contribution in [3.63, 3.8) is 0 Å². The molecule has 0 saturated carbocycles. The molecular formula is C15H16O2. The Bertz CT molecular complexity index is 490. The Balaban J connectivity index is 2.21. The van der Waals surface area contributed by atoms with E-state index in [1.165, 1.54) is 0 Å². The van der Waals surface area contributed by atoms with E-state index in [0.717, 1.165) is 22.6 Å². The lowest BCUT2D eigenvalue weighted by Crippen LogP contribution is -1.95. The average Bonchev–Trinajstić information content (AvgIpc) is 2.30. The molecule has 0 heterocycles. The highest BCUT2D eigenvalue weighted by atomic mass is 16.5. The van der Waals surface area contributed by atoms with Gasteiger partial charge in [0.25, 0.3) is 0 Å². The zero-order chi connectivity index (χ0) is 12.3. The molecule has 2 aromatic carbocycles. The van der Waals surface area contributed by atoms with E-state index >= 15 is 0 Å². The molecule has 0 aromatic heterocycles. The van der Waals surface area contributed by atoms with Gasteiger partial charge in [-0.05, 0) is 49.2 Å². The predicted molar refractivity (Wildman–Crippen MR) is 68.3 cm³/mol. The third-order valence-electron chi connectivity index (χ3n) is 2.67. The number of benzene rings is 2. The van der Waals surface area contributed by atoms with Gasteiger partial charge >= 0.3 is 0 Å². The van der Waals surface area contributed by atoms with Crippen molar-refractivity contribution < 1.29 is 9.84 Å². The van der Waals surface area contributed by atoms with Crippen molar-refractivity contribution in [1.29, 1.82) is 0 Å². The molecule has 1 N–H and O–H groups in total. The molecule has 2 rings (SSSR count). The zero-order valence-electron chi connectivity index (χ0n) is 10.1. The fraction of sp³-hybridized carbons (Fsp3) is 0.200. The van der Waals surface area contributed by atoms with Gasteiger partial charge < -0.3 is 9.84 Å². The Morgan fingerprint density at radius 1 is 1.00 bits per heavy atom. The standard InChI is InChI=1S/C15H16O2/c1-11-10-14(8-9-15(11)12(2)16)17-13-6-4-3-5-7-13/h3-10,12,16H,1-2H3. The maximum absolute atomic E-state index is 9.54. The van der Waals surface area contributed by atoms with Crippen LogP contribution in [0.1, 0.15) is 24.2 Å². The van der Waals surface area contributed by atoms with Crippen molar-refractivity contribution >= 4 is 0 Å². The SMILES string of the molecule is Cc1cc(Oc2ccccc2)ccc1C(C)O. The summed E-state index contributed by atoms with van der Waals surface area (Å²) < 4.78 is 5.71. The lowest BCUT2D eigenvalue weighted by molar-refractivity contribution is 0.198. The van der Waals surface area contributed by atoms with Crippen molar-refractivity contribution in [3.8, 4) is 11.5 Å². The molecule has 0 radical (unpaired) electrons. The Hall–Kier alpha value is -1.80. The second-order valence-electron chi connectivity index (χ2n) is 4.11. The van der Waals surface area contributed by atoms with Gasteiger partial charge in [0.2, 0.25) is 0 Å². The summed E-state index contributed by atoms with van der Waals surface area (Å²) in [6.07, 6.45) is -0.444. The number of para-hydroxylation sites is 1. The number of hydrogen-bond acceptors (Lipinski definition) is 2. The van der Waals surface area contributed by atoms with E-state index in [1.54, 1.807) is 6.92 Å². The zero-order valence-corrected chi connectivity index (χ0v) is 10.1. The van der Waals surface area contributed by atoms with Crippen molar-refractivity contribution in [1.82, 2.24) is 0 Å². The second-order valence-corrected chi connectivity index (χ2v) is 4.11. The van der Waals surface area contributed by atoms with E-state index in [0.29, 0.717) is 0 Å². The Kier molecular flexibility index (Phi) is 3.45. The molecule has 0 bridgehead atoms. The normalized spacial score (nSPS) is 12.2. The summed E-state index contributed by atoms with van der Waals surface area (Å²) in [5, 5.41) is 9.54. The highest BCUT2D eigenvalue weighted by molar-refractivity contribution is 5.38. The number of aryl methyl sites for hydroxylation is 1. The van der Waals surface area contributed by atoms with Gasteiger partial charge in [-0.25, -0.2) is 0 Å². The van der Waals surface area contributed by atoms with Gasteiger partial charge in [0.05, 0.1) is 6.10 Å². The molecule has 0 aliphatic heterocycles. The van der Waals surface area contributed by atoms with Gasteiger partial charge in [-0.1, -0.05) is 24.3 Å². The summed E-state index contributed by atoms with van der Waals surface area (Å²) in [5.41, 5.74) is 1.97. The molecule has 0 aliphatic carbocycles. The van der Waals surface area contributed by atoms with Crippen LogP contribution < -0.4 is 4.74 Å². The molecule has 0 saturated heterocycles. The minimum absolute atomic E-state index is 0.444. The van der Waals surface area contributed by atoms with Crippen molar-refractivity contribution in [3.05, 3.63) is 59.7 Å². The first-order valence-corrected chi connectivity index (χ1v) is 5.68. The maximum atomic E-state index is 9.54. The molecule has 0 spiro atoms. The fourth-order valence-electron chi connectivity index (χ4n) is 1.81. The smallest absolute Gasteiger partial charge is 0.127 e. The van der Waals surface area contributed by atoms with Gasteiger partial charge in [-0.15, -0.1) is 0 Å². The summed E-state index contributed by atoms with van der Waals surface area (Å²) in [6.45, 7) is 3.74. The largest absolute Gasteiger partial charge is 0.457 e. The third-order valence-corrected chi connectivity index (χ3v) is 2.67. The summed E-state index contributed by atoms with van der Waals surface area (Å²) in [5.74, 6) is 1.61. The topological polar surface area (TPSA) is 29.5 Å². The minimum atomic E-state index is -0.444. The number of hydrogen-bond donors (Lipinski definition) is 1. The van der Waals surface area contributed by atoms with Crippen LogP contribution >= 0.6 is 0 Å². The first-order chi connectivity index (χ1) is 8.16. The lowest BCUT2D eigenvalue weighted by Gasteiger charge is -2.11. The third kappa shape index (κ3) is 2.86. The number of ether oxygens (including phenoxy) is 1. The van der Waals surface area contributed by atoms with E-state index in [9.17, 15) is 5.11 Å². The van der Waals surface area contributed by atoms with Crippen LogP contribution in [0.3, 0.4) is 0 Å². The van der Waals surface area contributed by atoms with Gasteiger partial charge in [0.1, 0.15) is 11.5 Å². The first-order valence-electron chi connectivity index (χ1n) is 5.68. The molecular weight excluding hydrogens is 212 g/mol. The molecule has 1 atom stereocenters. The van der Waals surface area contributed by atoms with Gasteiger partial charge in [-0.2, -0.15) is 0 Å². The molecule has 88 valence electrons. The first kappa shape index (κ1) is 11.7. The van der Waals surface area contributed by atoms with E-state index in [2.05, 4.69) is 0 Å². The van der Waals surface area contributed by atoms with Gasteiger partial charge in [0, 0.05) is 0 Å². The summed E-state index contributed by atoms with van der Waals surface area (Å²) in [7, 11) is 0. The molecule has 0 fully saturated rings. The number of rotatable bonds is 3. The molecule has 0 amide bonds. The number of aliphatic hydroxyl groups excluding tert-OH is 1. The predicted octanol–water partition coefficient (Wildman–Crippen LogP) is 3.84. The Morgan fingerprint density at radius 2 is 1.71 bits per heavy atom. The monoisotopic (exact) mass is 228 g/mol. The highest BCUT2D eigenvalue weighted by Crippen LogP contribution is 2.26. The quantitative estimate of drug-likeness (QED) is 0.864. The molecule has 2 aromatic rings. The fourth-order valence-corrected chi connectivity index (χ4v) is 1.81. The molecule has 1 unspecified atom stereocenters. The molecule has 0 aliphatic rings. The van der Waals surface area contributed by atoms with Crippen LogP contribution in [-0.2, 0) is 0 Å². The summed E-state index contributed by atoms with van der Waals surface area (Å²) >= 11 is 0. The van der Waals surface area contributed by atoms with Crippen LogP contribution in [-0.4, -0.2) is 5.11 Å². The van der Waals surface area contributed by atoms with Crippen molar-refractivity contribution in [2.75, 3.05) is 0 Å². The molecule has 17 heavy (non-hydrogen) atoms. The van der Waals surface area contributed by atoms with Crippen molar-refractivity contribution in [2.24, 2.45) is 0 Å². The second kappa shape index (κ2) is 5.02. The van der Waals surface area contributed by atoms with Crippen LogP contribution in [0.15, 0.2) is 48.5 Å². The van der Waals surface area contributed by atoms with Crippen LogP contribution in [0.4, 0.5) is 0 Å². The van der Waals surface area contributed by atoms with Gasteiger partial charge in [-0.3, -0.25) is 0 Å².